The van der Waals surface area contributed by atoms with Gasteiger partial charge in [0.2, 0.25) is 0 Å². The molecule has 0 amide bonds. The molecule has 1 heterocycles. The van der Waals surface area contributed by atoms with E-state index in [1.54, 1.807) is 24.9 Å². The molecule has 3 heteroatoms. The van der Waals surface area contributed by atoms with Gasteiger partial charge in [-0.05, 0) is 41.7 Å². The molecular formula is C17H21NOS. The molecule has 2 aromatic rings. The average molecular weight is 287 g/mol. The van der Waals surface area contributed by atoms with Gasteiger partial charge in [0.25, 0.3) is 0 Å². The summed E-state index contributed by atoms with van der Waals surface area (Å²) in [7, 11) is 0. The summed E-state index contributed by atoms with van der Waals surface area (Å²) in [6, 6.07) is 12.5. The molecule has 106 valence electrons. The Morgan fingerprint density at radius 3 is 2.15 bits per heavy atom. The number of aromatic nitrogens is 1. The minimum Gasteiger partial charge on any atom is -0.389 e. The second kappa shape index (κ2) is 5.98. The van der Waals surface area contributed by atoms with Gasteiger partial charge in [-0.3, -0.25) is 0 Å². The van der Waals surface area contributed by atoms with E-state index in [1.807, 2.05) is 12.1 Å². The molecule has 1 N–H and O–H groups in total. The van der Waals surface area contributed by atoms with Crippen LogP contribution in [0.15, 0.2) is 52.5 Å². The second-order valence-corrected chi connectivity index (χ2v) is 7.08. The third-order valence-corrected chi connectivity index (χ3v) is 4.14. The molecule has 20 heavy (non-hydrogen) atoms. The third kappa shape index (κ3) is 3.84. The molecule has 2 rings (SSSR count). The molecule has 1 aromatic carbocycles. The third-order valence-electron chi connectivity index (χ3n) is 3.18. The number of rotatable bonds is 3. The van der Waals surface area contributed by atoms with Crippen LogP contribution in [0.2, 0.25) is 0 Å². The van der Waals surface area contributed by atoms with Crippen molar-refractivity contribution in [1.82, 2.24) is 4.98 Å². The van der Waals surface area contributed by atoms with Gasteiger partial charge in [0.15, 0.2) is 0 Å². The van der Waals surface area contributed by atoms with Gasteiger partial charge in [-0.2, -0.15) is 0 Å². The topological polar surface area (TPSA) is 33.1 Å². The number of aliphatic hydroxyl groups is 1. The van der Waals surface area contributed by atoms with Crippen molar-refractivity contribution in [2.45, 2.75) is 49.1 Å². The van der Waals surface area contributed by atoms with Crippen LogP contribution < -0.4 is 0 Å². The number of hydrogen-bond acceptors (Lipinski definition) is 3. The molecule has 0 aliphatic carbocycles. The van der Waals surface area contributed by atoms with Crippen molar-refractivity contribution < 1.29 is 5.11 Å². The maximum Gasteiger partial charge on any atom is 0.101 e. The predicted molar refractivity (Wildman–Crippen MR) is 84.1 cm³/mol. The van der Waals surface area contributed by atoms with Gasteiger partial charge in [-0.25, -0.2) is 4.98 Å². The molecule has 0 saturated carbocycles. The van der Waals surface area contributed by atoms with Crippen molar-refractivity contribution in [2.75, 3.05) is 0 Å². The van der Waals surface area contributed by atoms with E-state index in [0.29, 0.717) is 0 Å². The van der Waals surface area contributed by atoms with Crippen molar-refractivity contribution in [1.29, 1.82) is 0 Å². The van der Waals surface area contributed by atoms with Crippen LogP contribution in [0.5, 0.6) is 0 Å². The number of aliphatic hydroxyl groups excluding tert-OH is 1. The highest BCUT2D eigenvalue weighted by molar-refractivity contribution is 7.99. The minimum atomic E-state index is -0.465. The lowest BCUT2D eigenvalue weighted by atomic mass is 9.87. The Kier molecular flexibility index (Phi) is 4.51. The Balaban J connectivity index is 2.10. The van der Waals surface area contributed by atoms with Crippen LogP contribution >= 0.6 is 11.8 Å². The quantitative estimate of drug-likeness (QED) is 0.896. The number of hydrogen-bond donors (Lipinski definition) is 1. The van der Waals surface area contributed by atoms with Gasteiger partial charge in [0.1, 0.15) is 5.03 Å². The lowest BCUT2D eigenvalue weighted by Gasteiger charge is -2.19. The SMILES string of the molecule is C[C@H](O)c1ccc(Sc2ccc(C(C)(C)C)cc2)nc1. The molecule has 2 nitrogen and oxygen atoms in total. The maximum absolute atomic E-state index is 9.46. The minimum absolute atomic E-state index is 0.181. The Bertz CT molecular complexity index is 553. The molecular weight excluding hydrogens is 266 g/mol. The van der Waals surface area contributed by atoms with Crippen molar-refractivity contribution in [2.24, 2.45) is 0 Å². The first-order valence-corrected chi connectivity index (χ1v) is 7.60. The Hall–Kier alpha value is -1.32. The van der Waals surface area contributed by atoms with E-state index < -0.39 is 6.10 Å². The van der Waals surface area contributed by atoms with Crippen LogP contribution in [0.1, 0.15) is 44.9 Å². The molecule has 0 spiro atoms. The summed E-state index contributed by atoms with van der Waals surface area (Å²) in [5, 5.41) is 10.4. The summed E-state index contributed by atoms with van der Waals surface area (Å²) in [5.41, 5.74) is 2.36. The fourth-order valence-electron chi connectivity index (χ4n) is 1.84. The monoisotopic (exact) mass is 287 g/mol. The molecule has 1 atom stereocenters. The fourth-order valence-corrected chi connectivity index (χ4v) is 2.60. The smallest absolute Gasteiger partial charge is 0.101 e. The lowest BCUT2D eigenvalue weighted by Crippen LogP contribution is -2.10. The summed E-state index contributed by atoms with van der Waals surface area (Å²) < 4.78 is 0. The zero-order valence-electron chi connectivity index (χ0n) is 12.4. The van der Waals surface area contributed by atoms with Crippen LogP contribution in [0.3, 0.4) is 0 Å². The largest absolute Gasteiger partial charge is 0.389 e. The van der Waals surface area contributed by atoms with E-state index in [2.05, 4.69) is 50.0 Å². The zero-order valence-corrected chi connectivity index (χ0v) is 13.2. The molecule has 0 aliphatic rings. The number of nitrogens with zero attached hydrogens (tertiary/aromatic N) is 1. The summed E-state index contributed by atoms with van der Waals surface area (Å²) in [6.45, 7) is 8.39. The molecule has 0 radical (unpaired) electrons. The summed E-state index contributed by atoms with van der Waals surface area (Å²) in [5.74, 6) is 0. The van der Waals surface area contributed by atoms with E-state index in [9.17, 15) is 5.11 Å². The van der Waals surface area contributed by atoms with E-state index in [0.717, 1.165) is 10.6 Å². The predicted octanol–water partition coefficient (Wildman–Crippen LogP) is 4.58. The van der Waals surface area contributed by atoms with Crippen molar-refractivity contribution in [3.8, 4) is 0 Å². The number of pyridine rings is 1. The zero-order chi connectivity index (χ0) is 14.8. The Labute approximate surface area is 125 Å². The normalized spacial score (nSPS) is 13.2. The van der Waals surface area contributed by atoms with Gasteiger partial charge >= 0.3 is 0 Å². The molecule has 0 aliphatic heterocycles. The molecule has 1 aromatic heterocycles. The fraction of sp³-hybridized carbons (Fsp3) is 0.353. The first-order chi connectivity index (χ1) is 9.36. The molecule has 0 unspecified atom stereocenters. The highest BCUT2D eigenvalue weighted by Crippen LogP contribution is 2.29. The standard InChI is InChI=1S/C17H21NOS/c1-12(19)13-5-10-16(18-11-13)20-15-8-6-14(7-9-15)17(2,3)4/h5-12,19H,1-4H3/t12-/m0/s1. The first kappa shape index (κ1) is 15.1. The Morgan fingerprint density at radius 2 is 1.70 bits per heavy atom. The lowest BCUT2D eigenvalue weighted by molar-refractivity contribution is 0.198. The molecule has 0 bridgehead atoms. The molecule has 0 fully saturated rings. The van der Waals surface area contributed by atoms with Crippen LogP contribution in [0.25, 0.3) is 0 Å². The highest BCUT2D eigenvalue weighted by atomic mass is 32.2. The summed E-state index contributed by atoms with van der Waals surface area (Å²) in [6.07, 6.45) is 1.27. The highest BCUT2D eigenvalue weighted by Gasteiger charge is 2.13. The Morgan fingerprint density at radius 1 is 1.05 bits per heavy atom. The van der Waals surface area contributed by atoms with Crippen molar-refractivity contribution in [3.63, 3.8) is 0 Å². The van der Waals surface area contributed by atoms with Crippen LogP contribution in [-0.2, 0) is 5.41 Å². The van der Waals surface area contributed by atoms with Crippen molar-refractivity contribution >= 4 is 11.8 Å². The van der Waals surface area contributed by atoms with Crippen LogP contribution in [0.4, 0.5) is 0 Å². The van der Waals surface area contributed by atoms with Gasteiger partial charge < -0.3 is 5.11 Å². The van der Waals surface area contributed by atoms with Gasteiger partial charge in [-0.1, -0.05) is 50.7 Å². The number of benzene rings is 1. The van der Waals surface area contributed by atoms with E-state index in [-0.39, 0.29) is 5.41 Å². The van der Waals surface area contributed by atoms with Crippen LogP contribution in [-0.4, -0.2) is 10.1 Å². The second-order valence-electron chi connectivity index (χ2n) is 5.98. The average Bonchev–Trinajstić information content (AvgIpc) is 2.39. The van der Waals surface area contributed by atoms with E-state index in [1.165, 1.54) is 10.5 Å². The molecule has 0 saturated heterocycles. The summed E-state index contributed by atoms with van der Waals surface area (Å²) in [4.78, 5) is 5.55. The maximum atomic E-state index is 9.46. The first-order valence-electron chi connectivity index (χ1n) is 6.79. The van der Waals surface area contributed by atoms with Gasteiger partial charge in [0, 0.05) is 11.1 Å². The van der Waals surface area contributed by atoms with E-state index >= 15 is 0 Å². The van der Waals surface area contributed by atoms with Gasteiger partial charge in [-0.15, -0.1) is 0 Å². The summed E-state index contributed by atoms with van der Waals surface area (Å²) >= 11 is 1.63. The van der Waals surface area contributed by atoms with Crippen molar-refractivity contribution in [3.05, 3.63) is 53.7 Å². The van der Waals surface area contributed by atoms with E-state index in [4.69, 9.17) is 0 Å². The van der Waals surface area contributed by atoms with Crippen LogP contribution in [0, 0.1) is 0 Å². The van der Waals surface area contributed by atoms with Gasteiger partial charge in [0.05, 0.1) is 6.10 Å².